The van der Waals surface area contributed by atoms with Crippen LogP contribution in [0.5, 0.6) is 5.75 Å². The molecule has 1 aliphatic heterocycles. The zero-order valence-corrected chi connectivity index (χ0v) is 16.7. The average Bonchev–Trinajstić information content (AvgIpc) is 3.13. The number of carbonyl (C=O) groups is 1. The molecule has 5 heteroatoms. The van der Waals surface area contributed by atoms with Crippen molar-refractivity contribution in [1.29, 1.82) is 0 Å². The molecule has 0 bridgehead atoms. The van der Waals surface area contributed by atoms with Crippen molar-refractivity contribution in [3.8, 4) is 5.75 Å². The van der Waals surface area contributed by atoms with Crippen LogP contribution in [-0.4, -0.2) is 12.6 Å². The molecule has 0 atom stereocenters. The summed E-state index contributed by atoms with van der Waals surface area (Å²) < 4.78 is 23.2. The molecule has 0 radical (unpaired) electrons. The van der Waals surface area contributed by atoms with E-state index in [1.807, 2.05) is 68.4 Å². The SMILES string of the molecule is CC(=O)OC1=C(C)COC(c2cc3ccc(OCc4ccccc4)cc3o2)=C1C. The topological polar surface area (TPSA) is 57.9 Å². The zero-order chi connectivity index (χ0) is 20.4. The Morgan fingerprint density at radius 3 is 2.62 bits per heavy atom. The first-order valence-electron chi connectivity index (χ1n) is 9.44. The molecule has 0 N–H and O–H groups in total. The standard InChI is InChI=1S/C24H22O5/c1-15-13-27-24(16(2)23(15)28-17(3)25)22-11-19-9-10-20(12-21(19)29-22)26-14-18-7-5-4-6-8-18/h4-12H,13-14H2,1-3H3. The van der Waals surface area contributed by atoms with Gasteiger partial charge in [0.25, 0.3) is 0 Å². The van der Waals surface area contributed by atoms with E-state index in [1.165, 1.54) is 6.92 Å². The zero-order valence-electron chi connectivity index (χ0n) is 16.7. The predicted octanol–water partition coefficient (Wildman–Crippen LogP) is 5.61. The van der Waals surface area contributed by atoms with Gasteiger partial charge in [-0.3, -0.25) is 4.79 Å². The van der Waals surface area contributed by atoms with Crippen molar-refractivity contribution >= 4 is 22.7 Å². The summed E-state index contributed by atoms with van der Waals surface area (Å²) in [4.78, 5) is 11.4. The maximum absolute atomic E-state index is 11.4. The Morgan fingerprint density at radius 1 is 1.07 bits per heavy atom. The Balaban J connectivity index is 1.60. The third-order valence-corrected chi connectivity index (χ3v) is 4.71. The van der Waals surface area contributed by atoms with Crippen molar-refractivity contribution in [3.63, 3.8) is 0 Å². The maximum Gasteiger partial charge on any atom is 0.308 e. The van der Waals surface area contributed by atoms with Crippen molar-refractivity contribution in [1.82, 2.24) is 0 Å². The highest BCUT2D eigenvalue weighted by Crippen LogP contribution is 2.35. The van der Waals surface area contributed by atoms with E-state index < -0.39 is 0 Å². The first-order chi connectivity index (χ1) is 14.0. The maximum atomic E-state index is 11.4. The predicted molar refractivity (Wildman–Crippen MR) is 110 cm³/mol. The summed E-state index contributed by atoms with van der Waals surface area (Å²) in [6.45, 7) is 5.97. The van der Waals surface area contributed by atoms with Crippen LogP contribution in [0.1, 0.15) is 32.1 Å². The molecule has 2 heterocycles. The highest BCUT2D eigenvalue weighted by molar-refractivity contribution is 5.83. The third-order valence-electron chi connectivity index (χ3n) is 4.71. The van der Waals surface area contributed by atoms with Crippen LogP contribution in [0.2, 0.25) is 0 Å². The number of allylic oxidation sites excluding steroid dienone is 1. The molecule has 5 nitrogen and oxygen atoms in total. The Labute approximate surface area is 169 Å². The molecule has 0 unspecified atom stereocenters. The molecule has 3 aromatic rings. The van der Waals surface area contributed by atoms with Gasteiger partial charge in [0, 0.05) is 29.5 Å². The fourth-order valence-corrected chi connectivity index (χ4v) is 3.29. The Kier molecular flexibility index (Phi) is 5.12. The van der Waals surface area contributed by atoms with Crippen LogP contribution in [0.25, 0.3) is 16.7 Å². The van der Waals surface area contributed by atoms with Crippen LogP contribution >= 0.6 is 0 Å². The summed E-state index contributed by atoms with van der Waals surface area (Å²) in [5.41, 5.74) is 3.41. The van der Waals surface area contributed by atoms with Gasteiger partial charge in [-0.15, -0.1) is 0 Å². The van der Waals surface area contributed by atoms with Crippen LogP contribution in [0.15, 0.2) is 75.9 Å². The number of fused-ring (bicyclic) bond motifs is 1. The number of hydrogen-bond acceptors (Lipinski definition) is 5. The van der Waals surface area contributed by atoms with Gasteiger partial charge < -0.3 is 18.6 Å². The molecule has 0 spiro atoms. The molecule has 1 aromatic heterocycles. The lowest BCUT2D eigenvalue weighted by atomic mass is 10.1. The van der Waals surface area contributed by atoms with Gasteiger partial charge in [0.1, 0.15) is 30.3 Å². The van der Waals surface area contributed by atoms with Crippen molar-refractivity contribution in [2.45, 2.75) is 27.4 Å². The van der Waals surface area contributed by atoms with Crippen molar-refractivity contribution in [3.05, 3.63) is 82.8 Å². The van der Waals surface area contributed by atoms with E-state index in [9.17, 15) is 4.79 Å². The summed E-state index contributed by atoms with van der Waals surface area (Å²) in [6, 6.07) is 17.7. The van der Waals surface area contributed by atoms with Gasteiger partial charge in [0.15, 0.2) is 11.5 Å². The van der Waals surface area contributed by atoms with Gasteiger partial charge in [0.05, 0.1) is 0 Å². The van der Waals surface area contributed by atoms with E-state index in [0.717, 1.165) is 27.8 Å². The van der Waals surface area contributed by atoms with E-state index in [4.69, 9.17) is 18.6 Å². The molecule has 4 rings (SSSR count). The second-order valence-electron chi connectivity index (χ2n) is 7.03. The van der Waals surface area contributed by atoms with Gasteiger partial charge in [-0.1, -0.05) is 30.3 Å². The molecule has 0 amide bonds. The van der Waals surface area contributed by atoms with E-state index in [2.05, 4.69) is 0 Å². The minimum atomic E-state index is -0.357. The first-order valence-corrected chi connectivity index (χ1v) is 9.44. The normalized spacial score (nSPS) is 14.2. The summed E-state index contributed by atoms with van der Waals surface area (Å²) in [5.74, 6) is 2.09. The minimum absolute atomic E-state index is 0.345. The van der Waals surface area contributed by atoms with Gasteiger partial charge in [0.2, 0.25) is 0 Å². The molecule has 0 fully saturated rings. The van der Waals surface area contributed by atoms with Crippen molar-refractivity contribution in [2.24, 2.45) is 0 Å². The van der Waals surface area contributed by atoms with Gasteiger partial charge in [-0.25, -0.2) is 0 Å². The largest absolute Gasteiger partial charge is 0.489 e. The highest BCUT2D eigenvalue weighted by atomic mass is 16.5. The third kappa shape index (κ3) is 4.04. The van der Waals surface area contributed by atoms with Crippen LogP contribution < -0.4 is 4.74 Å². The molecular weight excluding hydrogens is 368 g/mol. The summed E-state index contributed by atoms with van der Waals surface area (Å²) in [7, 11) is 0. The van der Waals surface area contributed by atoms with E-state index in [0.29, 0.717) is 36.1 Å². The second kappa shape index (κ2) is 7.87. The van der Waals surface area contributed by atoms with Crippen LogP contribution in [-0.2, 0) is 20.9 Å². The molecule has 0 aliphatic carbocycles. The minimum Gasteiger partial charge on any atom is -0.489 e. The number of carbonyl (C=O) groups excluding carboxylic acids is 1. The van der Waals surface area contributed by atoms with Gasteiger partial charge in [-0.2, -0.15) is 0 Å². The van der Waals surface area contributed by atoms with E-state index in [-0.39, 0.29) is 5.97 Å². The van der Waals surface area contributed by atoms with Crippen LogP contribution in [0, 0.1) is 0 Å². The first kappa shape index (κ1) is 18.9. The van der Waals surface area contributed by atoms with Crippen LogP contribution in [0.4, 0.5) is 0 Å². The van der Waals surface area contributed by atoms with Gasteiger partial charge >= 0.3 is 5.97 Å². The number of esters is 1. The lowest BCUT2D eigenvalue weighted by Crippen LogP contribution is -2.13. The number of furan rings is 1. The summed E-state index contributed by atoms with van der Waals surface area (Å²) in [5, 5.41) is 0.941. The Hall–Kier alpha value is -3.47. The monoisotopic (exact) mass is 390 g/mol. The van der Waals surface area contributed by atoms with Crippen molar-refractivity contribution < 1.29 is 23.4 Å². The number of rotatable bonds is 5. The lowest BCUT2D eigenvalue weighted by Gasteiger charge is -2.21. The number of hydrogen-bond donors (Lipinski definition) is 0. The molecule has 0 saturated carbocycles. The lowest BCUT2D eigenvalue weighted by molar-refractivity contribution is -0.136. The molecule has 1 aliphatic rings. The molecule has 29 heavy (non-hydrogen) atoms. The van der Waals surface area contributed by atoms with E-state index in [1.54, 1.807) is 0 Å². The van der Waals surface area contributed by atoms with Crippen molar-refractivity contribution in [2.75, 3.05) is 6.61 Å². The molecule has 148 valence electrons. The molecular formula is C24H22O5. The molecule has 2 aromatic carbocycles. The van der Waals surface area contributed by atoms with E-state index >= 15 is 0 Å². The number of ether oxygens (including phenoxy) is 3. The van der Waals surface area contributed by atoms with Crippen LogP contribution in [0.3, 0.4) is 0 Å². The Bertz CT molecular complexity index is 1120. The number of benzene rings is 2. The fraction of sp³-hybridized carbons (Fsp3) is 0.208. The Morgan fingerprint density at radius 2 is 1.86 bits per heavy atom. The second-order valence-corrected chi connectivity index (χ2v) is 7.03. The fourth-order valence-electron chi connectivity index (χ4n) is 3.29. The molecule has 0 saturated heterocycles. The highest BCUT2D eigenvalue weighted by Gasteiger charge is 2.24. The summed E-state index contributed by atoms with van der Waals surface area (Å²) >= 11 is 0. The average molecular weight is 390 g/mol. The quantitative estimate of drug-likeness (QED) is 0.530. The summed E-state index contributed by atoms with van der Waals surface area (Å²) in [6.07, 6.45) is 0. The smallest absolute Gasteiger partial charge is 0.308 e. The van der Waals surface area contributed by atoms with Gasteiger partial charge in [-0.05, 0) is 37.6 Å².